The van der Waals surface area contributed by atoms with Crippen molar-refractivity contribution in [1.82, 2.24) is 5.32 Å². The number of carbonyl (C=O) groups excluding carboxylic acids is 1. The largest absolute Gasteiger partial charge is 0.399 e. The highest BCUT2D eigenvalue weighted by atomic mass is 79.9. The predicted molar refractivity (Wildman–Crippen MR) is 72.8 cm³/mol. The van der Waals surface area contributed by atoms with Gasteiger partial charge in [0.25, 0.3) is 5.91 Å². The minimum Gasteiger partial charge on any atom is -0.399 e. The van der Waals surface area contributed by atoms with Gasteiger partial charge in [-0.2, -0.15) is 0 Å². The molecule has 1 aromatic carbocycles. The second kappa shape index (κ2) is 4.33. The molecule has 1 fully saturated rings. The highest BCUT2D eigenvalue weighted by Crippen LogP contribution is 2.39. The van der Waals surface area contributed by atoms with E-state index < -0.39 is 0 Å². The van der Waals surface area contributed by atoms with Gasteiger partial charge in [0.05, 0.1) is 5.56 Å². The molecule has 17 heavy (non-hydrogen) atoms. The third kappa shape index (κ3) is 2.80. The third-order valence-corrected chi connectivity index (χ3v) is 3.96. The first-order valence-electron chi connectivity index (χ1n) is 5.77. The molecular weight excluding hydrogens is 280 g/mol. The Morgan fingerprint density at radius 2 is 2.12 bits per heavy atom. The fourth-order valence-corrected chi connectivity index (χ4v) is 2.41. The first-order valence-corrected chi connectivity index (χ1v) is 6.57. The van der Waals surface area contributed by atoms with E-state index in [-0.39, 0.29) is 11.4 Å². The van der Waals surface area contributed by atoms with Crippen LogP contribution in [0.2, 0.25) is 0 Å². The zero-order valence-corrected chi connectivity index (χ0v) is 11.7. The zero-order valence-electron chi connectivity index (χ0n) is 10.1. The number of nitrogens with two attached hydrogens (primary N) is 1. The molecule has 92 valence electrons. The molecule has 3 N–H and O–H groups in total. The van der Waals surface area contributed by atoms with Gasteiger partial charge in [-0.3, -0.25) is 4.79 Å². The SMILES string of the molecule is CC(C)(NC(=O)c1cc(N)ccc1Br)C1CC1. The van der Waals surface area contributed by atoms with E-state index in [1.54, 1.807) is 18.2 Å². The zero-order chi connectivity index (χ0) is 12.6. The quantitative estimate of drug-likeness (QED) is 0.843. The second-order valence-corrected chi connectivity index (χ2v) is 6.04. The molecule has 0 unspecified atom stereocenters. The Morgan fingerprint density at radius 1 is 1.47 bits per heavy atom. The van der Waals surface area contributed by atoms with Crippen molar-refractivity contribution in [3.8, 4) is 0 Å². The average molecular weight is 297 g/mol. The Morgan fingerprint density at radius 3 is 2.71 bits per heavy atom. The molecule has 1 aromatic rings. The van der Waals surface area contributed by atoms with Gasteiger partial charge in [0.2, 0.25) is 0 Å². The van der Waals surface area contributed by atoms with Gasteiger partial charge in [-0.25, -0.2) is 0 Å². The van der Waals surface area contributed by atoms with Gasteiger partial charge in [0.1, 0.15) is 0 Å². The van der Waals surface area contributed by atoms with Gasteiger partial charge < -0.3 is 11.1 Å². The van der Waals surface area contributed by atoms with Crippen molar-refractivity contribution in [3.63, 3.8) is 0 Å². The average Bonchev–Trinajstić information content (AvgIpc) is 3.04. The molecule has 0 radical (unpaired) electrons. The molecule has 1 aliphatic carbocycles. The molecule has 1 saturated carbocycles. The fraction of sp³-hybridized carbons (Fsp3) is 0.462. The van der Waals surface area contributed by atoms with Gasteiger partial charge in [0, 0.05) is 15.7 Å². The van der Waals surface area contributed by atoms with E-state index >= 15 is 0 Å². The summed E-state index contributed by atoms with van der Waals surface area (Å²) < 4.78 is 0.774. The number of anilines is 1. The second-order valence-electron chi connectivity index (χ2n) is 5.19. The van der Waals surface area contributed by atoms with Crippen LogP contribution in [0.25, 0.3) is 0 Å². The van der Waals surface area contributed by atoms with Gasteiger partial charge >= 0.3 is 0 Å². The van der Waals surface area contributed by atoms with Crippen LogP contribution in [0.3, 0.4) is 0 Å². The topological polar surface area (TPSA) is 55.1 Å². The van der Waals surface area contributed by atoms with Crippen LogP contribution in [0.1, 0.15) is 37.0 Å². The predicted octanol–water partition coefficient (Wildman–Crippen LogP) is 2.95. The third-order valence-electron chi connectivity index (χ3n) is 3.27. The number of halogens is 1. The van der Waals surface area contributed by atoms with Crippen molar-refractivity contribution in [3.05, 3.63) is 28.2 Å². The summed E-state index contributed by atoms with van der Waals surface area (Å²) >= 11 is 3.37. The molecule has 0 spiro atoms. The summed E-state index contributed by atoms with van der Waals surface area (Å²) in [7, 11) is 0. The van der Waals surface area contributed by atoms with Crippen molar-refractivity contribution < 1.29 is 4.79 Å². The van der Waals surface area contributed by atoms with Gasteiger partial charge in [-0.1, -0.05) is 0 Å². The lowest BCUT2D eigenvalue weighted by Crippen LogP contribution is -2.45. The van der Waals surface area contributed by atoms with Gasteiger partial charge in [0.15, 0.2) is 0 Å². The lowest BCUT2D eigenvalue weighted by molar-refractivity contribution is 0.0902. The number of hydrogen-bond acceptors (Lipinski definition) is 2. The monoisotopic (exact) mass is 296 g/mol. The molecule has 1 amide bonds. The van der Waals surface area contributed by atoms with E-state index in [1.165, 1.54) is 12.8 Å². The lowest BCUT2D eigenvalue weighted by Gasteiger charge is -2.26. The van der Waals surface area contributed by atoms with E-state index in [0.29, 0.717) is 17.2 Å². The van der Waals surface area contributed by atoms with Crippen LogP contribution >= 0.6 is 15.9 Å². The Labute approximate surface area is 110 Å². The van der Waals surface area contributed by atoms with Crippen LogP contribution in [0, 0.1) is 5.92 Å². The fourth-order valence-electron chi connectivity index (χ4n) is 1.98. The molecule has 0 bridgehead atoms. The lowest BCUT2D eigenvalue weighted by atomic mass is 9.98. The first-order chi connectivity index (χ1) is 7.90. The highest BCUT2D eigenvalue weighted by Gasteiger charge is 2.39. The minimum absolute atomic E-state index is 0.0684. The molecule has 0 atom stereocenters. The Balaban J connectivity index is 2.16. The van der Waals surface area contributed by atoms with Crippen molar-refractivity contribution in [2.24, 2.45) is 5.92 Å². The Hall–Kier alpha value is -1.03. The van der Waals surface area contributed by atoms with Gasteiger partial charge in [-0.15, -0.1) is 0 Å². The Bertz CT molecular complexity index is 453. The number of nitrogen functional groups attached to an aromatic ring is 1. The molecule has 0 aliphatic heterocycles. The first kappa shape index (κ1) is 12.4. The minimum atomic E-state index is -0.138. The van der Waals surface area contributed by atoms with E-state index in [4.69, 9.17) is 5.73 Å². The molecular formula is C13H17BrN2O. The van der Waals surface area contributed by atoms with Crippen molar-refractivity contribution in [2.45, 2.75) is 32.2 Å². The summed E-state index contributed by atoms with van der Waals surface area (Å²) in [5.41, 5.74) is 6.76. The molecule has 1 aliphatic rings. The van der Waals surface area contributed by atoms with E-state index in [0.717, 1.165) is 4.47 Å². The summed E-state index contributed by atoms with van der Waals surface area (Å²) in [6, 6.07) is 5.27. The molecule has 0 aromatic heterocycles. The van der Waals surface area contributed by atoms with E-state index in [9.17, 15) is 4.79 Å². The Kier molecular flexibility index (Phi) is 3.17. The summed E-state index contributed by atoms with van der Waals surface area (Å²) in [4.78, 5) is 12.2. The normalized spacial score (nSPS) is 15.7. The summed E-state index contributed by atoms with van der Waals surface area (Å²) in [5.74, 6) is 0.535. The van der Waals surface area contributed by atoms with E-state index in [2.05, 4.69) is 35.1 Å². The maximum absolute atomic E-state index is 12.2. The molecule has 3 nitrogen and oxygen atoms in total. The van der Waals surface area contributed by atoms with Crippen LogP contribution in [-0.2, 0) is 0 Å². The van der Waals surface area contributed by atoms with Crippen LogP contribution in [0.5, 0.6) is 0 Å². The summed E-state index contributed by atoms with van der Waals surface area (Å²) in [6.45, 7) is 4.14. The van der Waals surface area contributed by atoms with Crippen molar-refractivity contribution in [1.29, 1.82) is 0 Å². The smallest absolute Gasteiger partial charge is 0.252 e. The van der Waals surface area contributed by atoms with Crippen molar-refractivity contribution >= 4 is 27.5 Å². The number of hydrogen-bond donors (Lipinski definition) is 2. The number of benzene rings is 1. The number of carbonyl (C=O) groups is 1. The number of amides is 1. The van der Waals surface area contributed by atoms with Crippen molar-refractivity contribution in [2.75, 3.05) is 5.73 Å². The summed E-state index contributed by atoms with van der Waals surface area (Å²) in [5, 5.41) is 3.08. The molecule has 0 saturated heterocycles. The standard InChI is InChI=1S/C13H17BrN2O/c1-13(2,8-3-4-8)16-12(17)10-7-9(15)5-6-11(10)14/h5-8H,3-4,15H2,1-2H3,(H,16,17). The number of rotatable bonds is 3. The van der Waals surface area contributed by atoms with Crippen LogP contribution in [0.4, 0.5) is 5.69 Å². The highest BCUT2D eigenvalue weighted by molar-refractivity contribution is 9.10. The molecule has 2 rings (SSSR count). The van der Waals surface area contributed by atoms with Crippen LogP contribution in [0.15, 0.2) is 22.7 Å². The molecule has 4 heteroatoms. The number of nitrogens with one attached hydrogen (secondary N) is 1. The van der Waals surface area contributed by atoms with Crippen LogP contribution in [-0.4, -0.2) is 11.4 Å². The van der Waals surface area contributed by atoms with Crippen LogP contribution < -0.4 is 11.1 Å². The summed E-state index contributed by atoms with van der Waals surface area (Å²) in [6.07, 6.45) is 2.40. The van der Waals surface area contributed by atoms with E-state index in [1.807, 2.05) is 0 Å². The maximum Gasteiger partial charge on any atom is 0.252 e. The van der Waals surface area contributed by atoms with Gasteiger partial charge in [-0.05, 0) is 66.7 Å². The maximum atomic E-state index is 12.2. The molecule has 0 heterocycles.